The molecule has 0 radical (unpaired) electrons. The fraction of sp³-hybridized carbons (Fsp3) is 0.667. The van der Waals surface area contributed by atoms with Gasteiger partial charge in [-0.05, 0) is 51.6 Å². The molecule has 1 aromatic heterocycles. The minimum atomic E-state index is 0.175. The number of likely N-dealkylation sites (tertiary alicyclic amines) is 2. The Morgan fingerprint density at radius 3 is 2.78 bits per heavy atom. The topological polar surface area (TPSA) is 58.6 Å². The van der Waals surface area contributed by atoms with Crippen molar-refractivity contribution in [3.05, 3.63) is 29.7 Å². The molecular formula is C21H30N4O2. The summed E-state index contributed by atoms with van der Waals surface area (Å²) in [5.74, 6) is 1.85. The second-order valence-electron chi connectivity index (χ2n) is 8.45. The molecule has 146 valence electrons. The van der Waals surface area contributed by atoms with Gasteiger partial charge in [0.05, 0.1) is 0 Å². The third kappa shape index (κ3) is 3.72. The first kappa shape index (κ1) is 18.4. The molecular weight excluding hydrogens is 340 g/mol. The lowest BCUT2D eigenvalue weighted by molar-refractivity contribution is -0.138. The molecule has 0 aliphatic carbocycles. The molecule has 6 nitrogen and oxygen atoms in total. The number of carbonyl (C=O) groups is 1. The molecule has 1 unspecified atom stereocenters. The number of ether oxygens (including phenoxy) is 1. The van der Waals surface area contributed by atoms with Crippen molar-refractivity contribution in [3.8, 4) is 5.88 Å². The molecule has 3 aliphatic heterocycles. The summed E-state index contributed by atoms with van der Waals surface area (Å²) in [6.07, 6.45) is 6.96. The fourth-order valence-corrected chi connectivity index (χ4v) is 4.90. The number of hydrogen-bond donors (Lipinski definition) is 0. The molecule has 1 aromatic rings. The van der Waals surface area contributed by atoms with Crippen molar-refractivity contribution >= 4 is 5.91 Å². The van der Waals surface area contributed by atoms with Crippen molar-refractivity contribution < 1.29 is 9.53 Å². The fourth-order valence-electron chi connectivity index (χ4n) is 4.90. The highest BCUT2D eigenvalue weighted by Gasteiger charge is 2.41. The lowest BCUT2D eigenvalue weighted by Crippen LogP contribution is -2.52. The maximum atomic E-state index is 12.1. The highest BCUT2D eigenvalue weighted by molar-refractivity contribution is 5.77. The Morgan fingerprint density at radius 1 is 1.26 bits per heavy atom. The number of aromatic nitrogens is 2. The lowest BCUT2D eigenvalue weighted by atomic mass is 9.72. The summed E-state index contributed by atoms with van der Waals surface area (Å²) in [5, 5.41) is 0. The highest BCUT2D eigenvalue weighted by Crippen LogP contribution is 2.40. The molecule has 0 saturated carbocycles. The van der Waals surface area contributed by atoms with E-state index in [1.807, 2.05) is 24.8 Å². The normalized spacial score (nSPS) is 24.7. The number of fused-ring (bicyclic) bond motifs is 1. The number of amides is 1. The quantitative estimate of drug-likeness (QED) is 0.761. The minimum Gasteiger partial charge on any atom is -0.472 e. The van der Waals surface area contributed by atoms with Crippen LogP contribution in [0.5, 0.6) is 5.88 Å². The van der Waals surface area contributed by atoms with E-state index in [1.54, 1.807) is 0 Å². The van der Waals surface area contributed by atoms with E-state index in [4.69, 9.17) is 4.74 Å². The van der Waals surface area contributed by atoms with Gasteiger partial charge in [0.25, 0.3) is 0 Å². The van der Waals surface area contributed by atoms with Gasteiger partial charge < -0.3 is 9.64 Å². The van der Waals surface area contributed by atoms with Gasteiger partial charge in [0.1, 0.15) is 11.9 Å². The minimum absolute atomic E-state index is 0.175. The van der Waals surface area contributed by atoms with E-state index in [1.165, 1.54) is 5.56 Å². The third-order valence-corrected chi connectivity index (χ3v) is 6.47. The summed E-state index contributed by atoms with van der Waals surface area (Å²) in [6.45, 7) is 12.4. The van der Waals surface area contributed by atoms with Gasteiger partial charge in [-0.15, -0.1) is 6.58 Å². The van der Waals surface area contributed by atoms with Crippen molar-refractivity contribution in [1.29, 1.82) is 0 Å². The monoisotopic (exact) mass is 370 g/mol. The predicted octanol–water partition coefficient (Wildman–Crippen LogP) is 2.29. The second-order valence-corrected chi connectivity index (χ2v) is 8.45. The van der Waals surface area contributed by atoms with E-state index < -0.39 is 0 Å². The summed E-state index contributed by atoms with van der Waals surface area (Å²) < 4.78 is 6.11. The maximum Gasteiger partial charge on any atom is 0.222 e. The first-order valence-corrected chi connectivity index (χ1v) is 10.1. The average molecular weight is 370 g/mol. The largest absolute Gasteiger partial charge is 0.472 e. The molecule has 2 fully saturated rings. The van der Waals surface area contributed by atoms with Crippen LogP contribution in [0.2, 0.25) is 0 Å². The Bertz CT molecular complexity index is 740. The number of hydrogen-bond acceptors (Lipinski definition) is 5. The van der Waals surface area contributed by atoms with Gasteiger partial charge in [0.2, 0.25) is 11.8 Å². The van der Waals surface area contributed by atoms with Crippen molar-refractivity contribution in [2.45, 2.75) is 52.1 Å². The van der Waals surface area contributed by atoms with E-state index in [-0.39, 0.29) is 12.0 Å². The Kier molecular flexibility index (Phi) is 4.93. The number of nitrogens with zero attached hydrogens (tertiary/aromatic N) is 4. The van der Waals surface area contributed by atoms with Crippen LogP contribution < -0.4 is 4.74 Å². The number of carbonyl (C=O) groups excluding carboxylic acids is 1. The Balaban J connectivity index is 1.32. The van der Waals surface area contributed by atoms with Crippen LogP contribution in [0, 0.1) is 19.3 Å². The molecule has 0 N–H and O–H groups in total. The van der Waals surface area contributed by atoms with Crippen LogP contribution in [0.15, 0.2) is 12.7 Å². The van der Waals surface area contributed by atoms with Crippen LogP contribution in [-0.2, 0) is 11.2 Å². The van der Waals surface area contributed by atoms with Gasteiger partial charge in [-0.3, -0.25) is 9.69 Å². The van der Waals surface area contributed by atoms with Gasteiger partial charge in [0, 0.05) is 43.7 Å². The zero-order valence-corrected chi connectivity index (χ0v) is 16.5. The van der Waals surface area contributed by atoms with Gasteiger partial charge in [-0.25, -0.2) is 4.98 Å². The SMILES string of the molecule is C=CCN1CC2(CCC1=O)CCN(CC1Cc3c(C)nc(C)nc3O1)CC2. The molecule has 4 heterocycles. The molecule has 27 heavy (non-hydrogen) atoms. The van der Waals surface area contributed by atoms with Crippen molar-refractivity contribution in [3.63, 3.8) is 0 Å². The summed E-state index contributed by atoms with van der Waals surface area (Å²) in [4.78, 5) is 25.5. The zero-order chi connectivity index (χ0) is 19.0. The predicted molar refractivity (Wildman–Crippen MR) is 104 cm³/mol. The van der Waals surface area contributed by atoms with Gasteiger partial charge in [-0.1, -0.05) is 6.08 Å². The Morgan fingerprint density at radius 2 is 2.04 bits per heavy atom. The zero-order valence-electron chi connectivity index (χ0n) is 16.5. The van der Waals surface area contributed by atoms with E-state index in [0.29, 0.717) is 18.4 Å². The highest BCUT2D eigenvalue weighted by atomic mass is 16.5. The van der Waals surface area contributed by atoms with Crippen LogP contribution in [0.1, 0.15) is 42.8 Å². The third-order valence-electron chi connectivity index (χ3n) is 6.47. The van der Waals surface area contributed by atoms with Crippen LogP contribution in [0.3, 0.4) is 0 Å². The summed E-state index contributed by atoms with van der Waals surface area (Å²) in [5.41, 5.74) is 2.52. The van der Waals surface area contributed by atoms with Crippen LogP contribution in [0.4, 0.5) is 0 Å². The molecule has 4 rings (SSSR count). The molecule has 0 aromatic carbocycles. The van der Waals surface area contributed by atoms with Crippen LogP contribution in [0.25, 0.3) is 0 Å². The Labute approximate surface area is 161 Å². The molecule has 3 aliphatic rings. The smallest absolute Gasteiger partial charge is 0.222 e. The first-order valence-electron chi connectivity index (χ1n) is 10.1. The first-order chi connectivity index (χ1) is 13.0. The van der Waals surface area contributed by atoms with Crippen LogP contribution in [-0.4, -0.2) is 64.5 Å². The number of piperidine rings is 2. The lowest BCUT2D eigenvalue weighted by Gasteiger charge is -2.47. The van der Waals surface area contributed by atoms with Gasteiger partial charge >= 0.3 is 0 Å². The molecule has 6 heteroatoms. The average Bonchev–Trinajstić information content (AvgIpc) is 3.03. The molecule has 2 saturated heterocycles. The molecule has 1 amide bonds. The van der Waals surface area contributed by atoms with Gasteiger partial charge in [-0.2, -0.15) is 4.98 Å². The van der Waals surface area contributed by atoms with Gasteiger partial charge in [0.15, 0.2) is 0 Å². The number of aryl methyl sites for hydroxylation is 2. The number of rotatable bonds is 4. The van der Waals surface area contributed by atoms with E-state index in [0.717, 1.165) is 69.3 Å². The van der Waals surface area contributed by atoms with Crippen molar-refractivity contribution in [1.82, 2.24) is 19.8 Å². The summed E-state index contributed by atoms with van der Waals surface area (Å²) in [7, 11) is 0. The van der Waals surface area contributed by atoms with E-state index in [9.17, 15) is 4.79 Å². The maximum absolute atomic E-state index is 12.1. The van der Waals surface area contributed by atoms with Crippen LogP contribution >= 0.6 is 0 Å². The second kappa shape index (κ2) is 7.23. The van der Waals surface area contributed by atoms with Crippen molar-refractivity contribution in [2.75, 3.05) is 32.7 Å². The van der Waals surface area contributed by atoms with E-state index >= 15 is 0 Å². The summed E-state index contributed by atoms with van der Waals surface area (Å²) in [6, 6.07) is 0. The molecule has 1 atom stereocenters. The molecule has 0 bridgehead atoms. The molecule has 1 spiro atoms. The Hall–Kier alpha value is -1.95. The summed E-state index contributed by atoms with van der Waals surface area (Å²) >= 11 is 0. The standard InChI is InChI=1S/C21H30N4O2/c1-4-9-25-14-21(6-5-19(25)26)7-10-24(11-8-21)13-17-12-18-15(2)22-16(3)23-20(18)27-17/h4,17H,1,5-14H2,2-3H3. The van der Waals surface area contributed by atoms with Crippen molar-refractivity contribution in [2.24, 2.45) is 5.41 Å². The van der Waals surface area contributed by atoms with E-state index in [2.05, 4.69) is 21.4 Å².